The van der Waals surface area contributed by atoms with Crippen molar-refractivity contribution in [3.8, 4) is 0 Å². The van der Waals surface area contributed by atoms with E-state index in [1.54, 1.807) is 0 Å². The number of pyridine rings is 2. The number of aromatic nitrogens is 2. The van der Waals surface area contributed by atoms with Gasteiger partial charge in [-0.2, -0.15) is 0 Å². The zero-order chi connectivity index (χ0) is 22.2. The molecule has 0 unspecified atom stereocenters. The molecule has 0 bridgehead atoms. The molecule has 178 valence electrons. The number of nitrogens with zero attached hydrogens (tertiary/aromatic N) is 2. The van der Waals surface area contributed by atoms with Crippen molar-refractivity contribution in [1.29, 1.82) is 0 Å². The Hall–Kier alpha value is -2.38. The number of rotatable bonds is 9. The lowest BCUT2D eigenvalue weighted by molar-refractivity contribution is -0.688. The van der Waals surface area contributed by atoms with Crippen LogP contribution in [-0.4, -0.2) is 10.2 Å². The standard InChI is InChI=1S/C28H30N2O2.2BrH/c31-21-27-11-15-29(16-12-27)19-25-7-3-23(4-8-25)1-2-24-5-9-26(10-6-24)20-30-17-13-28(22-32)14-18-30;;/h3-18,31-32H,1-2,19-22H2;2*1H/q+2;;/p-2. The second-order valence-electron chi connectivity index (χ2n) is 8.21. The molecule has 2 aromatic heterocycles. The molecule has 2 heterocycles. The Morgan fingerprint density at radius 1 is 0.412 bits per heavy atom. The predicted octanol–water partition coefficient (Wildman–Crippen LogP) is -2.86. The molecule has 0 atom stereocenters. The molecule has 0 aliphatic carbocycles. The lowest BCUT2D eigenvalue weighted by Crippen LogP contribution is -3.00. The zero-order valence-electron chi connectivity index (χ0n) is 19.0. The number of hydrogen-bond donors (Lipinski definition) is 2. The Morgan fingerprint density at radius 3 is 1.00 bits per heavy atom. The van der Waals surface area contributed by atoms with Gasteiger partial charge in [0.1, 0.15) is 0 Å². The summed E-state index contributed by atoms with van der Waals surface area (Å²) in [5.74, 6) is 0. The molecular weight excluding hydrogens is 556 g/mol. The highest BCUT2D eigenvalue weighted by Crippen LogP contribution is 2.11. The summed E-state index contributed by atoms with van der Waals surface area (Å²) in [6.07, 6.45) is 10.1. The molecule has 4 rings (SSSR count). The maximum absolute atomic E-state index is 9.15. The number of aliphatic hydroxyl groups is 2. The van der Waals surface area contributed by atoms with Crippen molar-refractivity contribution < 1.29 is 53.3 Å². The van der Waals surface area contributed by atoms with Crippen molar-refractivity contribution in [2.24, 2.45) is 0 Å². The van der Waals surface area contributed by atoms with Gasteiger partial charge in [-0.1, -0.05) is 48.5 Å². The Kier molecular flexibility index (Phi) is 11.6. The summed E-state index contributed by atoms with van der Waals surface area (Å²) in [5, 5.41) is 18.3. The minimum Gasteiger partial charge on any atom is -1.00 e. The second kappa shape index (κ2) is 14.1. The zero-order valence-corrected chi connectivity index (χ0v) is 22.2. The largest absolute Gasteiger partial charge is 1.00 e. The van der Waals surface area contributed by atoms with Gasteiger partial charge in [0.25, 0.3) is 0 Å². The Morgan fingerprint density at radius 2 is 0.706 bits per heavy atom. The van der Waals surface area contributed by atoms with Crippen LogP contribution in [0.3, 0.4) is 0 Å². The molecule has 0 aliphatic rings. The fourth-order valence-corrected chi connectivity index (χ4v) is 3.73. The van der Waals surface area contributed by atoms with Gasteiger partial charge in [0.05, 0.1) is 13.2 Å². The number of benzene rings is 2. The first kappa shape index (κ1) is 27.9. The van der Waals surface area contributed by atoms with Crippen LogP contribution in [0.5, 0.6) is 0 Å². The van der Waals surface area contributed by atoms with Crippen LogP contribution >= 0.6 is 0 Å². The van der Waals surface area contributed by atoms with Gasteiger partial charge < -0.3 is 44.2 Å². The van der Waals surface area contributed by atoms with E-state index < -0.39 is 0 Å². The SMILES string of the molecule is OCc1cc[n+](Cc2ccc(CCc3ccc(C[n+]4ccc(CO)cc4)cc3)cc2)cc1.[Br-].[Br-]. The first-order chi connectivity index (χ1) is 15.7. The number of aliphatic hydroxyl groups excluding tert-OH is 2. The minimum atomic E-state index is 0. The van der Waals surface area contributed by atoms with Gasteiger partial charge in [-0.25, -0.2) is 9.13 Å². The van der Waals surface area contributed by atoms with Gasteiger partial charge in [-0.05, 0) is 35.1 Å². The molecule has 2 aromatic carbocycles. The monoisotopic (exact) mass is 584 g/mol. The highest BCUT2D eigenvalue weighted by Gasteiger charge is 2.05. The van der Waals surface area contributed by atoms with Crippen molar-refractivity contribution in [3.63, 3.8) is 0 Å². The summed E-state index contributed by atoms with van der Waals surface area (Å²) in [5.41, 5.74) is 7.09. The number of aryl methyl sites for hydroxylation is 2. The molecule has 34 heavy (non-hydrogen) atoms. The quantitative estimate of drug-likeness (QED) is 0.208. The van der Waals surface area contributed by atoms with E-state index in [4.69, 9.17) is 10.2 Å². The Balaban J connectivity index is 0.00000204. The van der Waals surface area contributed by atoms with Crippen LogP contribution in [0.1, 0.15) is 33.4 Å². The third-order valence-electron chi connectivity index (χ3n) is 5.76. The van der Waals surface area contributed by atoms with Gasteiger partial charge in [0.2, 0.25) is 0 Å². The van der Waals surface area contributed by atoms with Gasteiger partial charge in [0.15, 0.2) is 37.9 Å². The van der Waals surface area contributed by atoms with E-state index in [0.29, 0.717) is 0 Å². The summed E-state index contributed by atoms with van der Waals surface area (Å²) < 4.78 is 4.24. The minimum absolute atomic E-state index is 0. The smallest absolute Gasteiger partial charge is 0.173 e. The molecule has 0 radical (unpaired) electrons. The number of hydrogen-bond acceptors (Lipinski definition) is 2. The van der Waals surface area contributed by atoms with Crippen LogP contribution in [0.2, 0.25) is 0 Å². The first-order valence-corrected chi connectivity index (χ1v) is 11.0. The van der Waals surface area contributed by atoms with Crippen molar-refractivity contribution >= 4 is 0 Å². The molecule has 4 aromatic rings. The lowest BCUT2D eigenvalue weighted by atomic mass is 10.0. The highest BCUT2D eigenvalue weighted by atomic mass is 79.9. The first-order valence-electron chi connectivity index (χ1n) is 11.0. The van der Waals surface area contributed by atoms with Crippen LogP contribution in [0, 0.1) is 0 Å². The van der Waals surface area contributed by atoms with E-state index in [-0.39, 0.29) is 47.2 Å². The third kappa shape index (κ3) is 8.13. The van der Waals surface area contributed by atoms with E-state index in [0.717, 1.165) is 37.1 Å². The second-order valence-corrected chi connectivity index (χ2v) is 8.21. The summed E-state index contributed by atoms with van der Waals surface area (Å²) in [6.45, 7) is 1.81. The van der Waals surface area contributed by atoms with E-state index in [1.165, 1.54) is 22.3 Å². The molecule has 0 amide bonds. The van der Waals surface area contributed by atoms with Crippen LogP contribution < -0.4 is 43.1 Å². The van der Waals surface area contributed by atoms with E-state index in [2.05, 4.69) is 57.7 Å². The maximum atomic E-state index is 9.15. The average Bonchev–Trinajstić information content (AvgIpc) is 2.85. The lowest BCUT2D eigenvalue weighted by Gasteiger charge is -2.05. The van der Waals surface area contributed by atoms with Crippen molar-refractivity contribution in [2.75, 3.05) is 0 Å². The number of halogens is 2. The van der Waals surface area contributed by atoms with Crippen molar-refractivity contribution in [3.05, 3.63) is 131 Å². The van der Waals surface area contributed by atoms with E-state index in [9.17, 15) is 0 Å². The van der Waals surface area contributed by atoms with E-state index in [1.807, 2.05) is 49.1 Å². The molecule has 6 heteroatoms. The van der Waals surface area contributed by atoms with Gasteiger partial charge in [0, 0.05) is 35.4 Å². The summed E-state index contributed by atoms with van der Waals surface area (Å²) >= 11 is 0. The van der Waals surface area contributed by atoms with Crippen molar-refractivity contribution in [2.45, 2.75) is 39.1 Å². The molecule has 0 saturated heterocycles. The summed E-state index contributed by atoms with van der Waals surface area (Å²) in [6, 6.07) is 25.5. The molecule has 0 aliphatic heterocycles. The third-order valence-corrected chi connectivity index (χ3v) is 5.76. The maximum Gasteiger partial charge on any atom is 0.173 e. The molecule has 0 fully saturated rings. The normalized spacial score (nSPS) is 10.3. The Labute approximate surface area is 222 Å². The molecular formula is C28H30Br2N2O2. The van der Waals surface area contributed by atoms with Crippen LogP contribution in [0.4, 0.5) is 0 Å². The fraction of sp³-hybridized carbons (Fsp3) is 0.214. The van der Waals surface area contributed by atoms with Crippen molar-refractivity contribution in [1.82, 2.24) is 0 Å². The highest BCUT2D eigenvalue weighted by molar-refractivity contribution is 5.26. The topological polar surface area (TPSA) is 48.2 Å². The van der Waals surface area contributed by atoms with E-state index >= 15 is 0 Å². The molecule has 4 nitrogen and oxygen atoms in total. The van der Waals surface area contributed by atoms with Gasteiger partial charge in [-0.3, -0.25) is 0 Å². The molecule has 0 saturated carbocycles. The summed E-state index contributed by atoms with van der Waals surface area (Å²) in [4.78, 5) is 0. The van der Waals surface area contributed by atoms with Crippen LogP contribution in [0.15, 0.2) is 97.6 Å². The Bertz CT molecular complexity index is 1020. The summed E-state index contributed by atoms with van der Waals surface area (Å²) in [7, 11) is 0. The van der Waals surface area contributed by atoms with Gasteiger partial charge in [-0.15, -0.1) is 0 Å². The molecule has 2 N–H and O–H groups in total. The fourth-order valence-electron chi connectivity index (χ4n) is 3.73. The molecule has 0 spiro atoms. The predicted molar refractivity (Wildman–Crippen MR) is 124 cm³/mol. The van der Waals surface area contributed by atoms with Crippen LogP contribution in [0.25, 0.3) is 0 Å². The average molecular weight is 586 g/mol. The van der Waals surface area contributed by atoms with Gasteiger partial charge >= 0.3 is 0 Å². The van der Waals surface area contributed by atoms with Crippen LogP contribution in [-0.2, 0) is 39.1 Å².